The third kappa shape index (κ3) is 3.07. The Morgan fingerprint density at radius 1 is 1.44 bits per heavy atom. The van der Waals surface area contributed by atoms with E-state index in [1.54, 1.807) is 4.90 Å². The van der Waals surface area contributed by atoms with Gasteiger partial charge in [0, 0.05) is 24.8 Å². The van der Waals surface area contributed by atoms with E-state index in [0.29, 0.717) is 19.5 Å². The van der Waals surface area contributed by atoms with Gasteiger partial charge in [-0.25, -0.2) is 4.79 Å². The van der Waals surface area contributed by atoms with Gasteiger partial charge in [0.25, 0.3) is 5.56 Å². The number of H-pyrrole nitrogens is 2. The Morgan fingerprint density at radius 2 is 2.22 bits per heavy atom. The number of aliphatic hydroxyl groups excluding tert-OH is 1. The number of aliphatic hydroxyl groups is 1. The normalized spacial score (nSPS) is 19.8. The lowest BCUT2D eigenvalue weighted by Gasteiger charge is -2.30. The molecule has 0 spiro atoms. The van der Waals surface area contributed by atoms with E-state index in [0.717, 1.165) is 6.42 Å². The Labute approximate surface area is 102 Å². The maximum absolute atomic E-state index is 11.9. The molecular formula is C11H15N3O4. The summed E-state index contributed by atoms with van der Waals surface area (Å²) >= 11 is 0. The minimum atomic E-state index is -0.621. The molecule has 0 aliphatic carbocycles. The molecule has 1 atom stereocenters. The first-order valence-electron chi connectivity index (χ1n) is 5.83. The zero-order chi connectivity index (χ0) is 13.1. The Morgan fingerprint density at radius 3 is 2.89 bits per heavy atom. The van der Waals surface area contributed by atoms with Crippen molar-refractivity contribution >= 4 is 5.91 Å². The van der Waals surface area contributed by atoms with Crippen molar-refractivity contribution < 1.29 is 9.90 Å². The van der Waals surface area contributed by atoms with Gasteiger partial charge in [0.05, 0.1) is 12.5 Å². The molecule has 0 radical (unpaired) electrons. The fourth-order valence-corrected chi connectivity index (χ4v) is 2.07. The van der Waals surface area contributed by atoms with Crippen LogP contribution in [-0.4, -0.2) is 45.1 Å². The number of hydrogen-bond acceptors (Lipinski definition) is 4. The van der Waals surface area contributed by atoms with Crippen LogP contribution < -0.4 is 11.2 Å². The van der Waals surface area contributed by atoms with Crippen LogP contribution in [0.15, 0.2) is 15.7 Å². The van der Waals surface area contributed by atoms with Crippen molar-refractivity contribution in [3.8, 4) is 0 Å². The monoisotopic (exact) mass is 253 g/mol. The van der Waals surface area contributed by atoms with E-state index in [9.17, 15) is 19.5 Å². The molecule has 2 heterocycles. The van der Waals surface area contributed by atoms with Gasteiger partial charge in [0.15, 0.2) is 0 Å². The van der Waals surface area contributed by atoms with Crippen LogP contribution in [-0.2, 0) is 11.2 Å². The second-order valence-electron chi connectivity index (χ2n) is 4.43. The molecule has 0 aromatic carbocycles. The topological polar surface area (TPSA) is 106 Å². The molecule has 0 bridgehead atoms. The van der Waals surface area contributed by atoms with E-state index in [-0.39, 0.29) is 18.0 Å². The number of aromatic nitrogens is 2. The van der Waals surface area contributed by atoms with Gasteiger partial charge in [-0.2, -0.15) is 0 Å². The summed E-state index contributed by atoms with van der Waals surface area (Å²) in [6, 6.07) is 1.19. The van der Waals surface area contributed by atoms with Crippen LogP contribution in [0.1, 0.15) is 18.5 Å². The smallest absolute Gasteiger partial charge is 0.325 e. The van der Waals surface area contributed by atoms with E-state index >= 15 is 0 Å². The molecule has 2 rings (SSSR count). The quantitative estimate of drug-likeness (QED) is 0.602. The number of carbonyl (C=O) groups excluding carboxylic acids is 1. The van der Waals surface area contributed by atoms with Gasteiger partial charge in [0.1, 0.15) is 0 Å². The molecule has 1 aliphatic rings. The fourth-order valence-electron chi connectivity index (χ4n) is 2.07. The molecule has 1 aromatic heterocycles. The van der Waals surface area contributed by atoms with Crippen LogP contribution in [0.5, 0.6) is 0 Å². The summed E-state index contributed by atoms with van der Waals surface area (Å²) < 4.78 is 0. The Hall–Kier alpha value is -1.89. The summed E-state index contributed by atoms with van der Waals surface area (Å²) in [5.41, 5.74) is -0.863. The van der Waals surface area contributed by atoms with Crippen molar-refractivity contribution in [2.24, 2.45) is 0 Å². The molecule has 18 heavy (non-hydrogen) atoms. The van der Waals surface area contributed by atoms with Crippen molar-refractivity contribution in [3.05, 3.63) is 32.6 Å². The molecule has 1 aliphatic heterocycles. The standard InChI is InChI=1S/C11H15N3O4/c15-8-2-1-3-14(6-8)10(17)5-7-4-9(16)13-11(18)12-7/h4,8,15H,1-3,5-6H2,(H2,12,13,16,18). The zero-order valence-corrected chi connectivity index (χ0v) is 9.81. The van der Waals surface area contributed by atoms with Crippen molar-refractivity contribution in [1.82, 2.24) is 14.9 Å². The number of likely N-dealkylation sites (tertiary alicyclic amines) is 1. The molecular weight excluding hydrogens is 238 g/mol. The molecule has 1 unspecified atom stereocenters. The van der Waals surface area contributed by atoms with E-state index < -0.39 is 17.4 Å². The number of piperidine rings is 1. The number of amides is 1. The van der Waals surface area contributed by atoms with Crippen LogP contribution in [0.3, 0.4) is 0 Å². The highest BCUT2D eigenvalue weighted by Gasteiger charge is 2.22. The van der Waals surface area contributed by atoms with Gasteiger partial charge in [-0.05, 0) is 12.8 Å². The van der Waals surface area contributed by atoms with Crippen molar-refractivity contribution in [1.29, 1.82) is 0 Å². The van der Waals surface area contributed by atoms with E-state index in [1.165, 1.54) is 6.07 Å². The number of nitrogens with one attached hydrogen (secondary N) is 2. The Balaban J connectivity index is 2.06. The van der Waals surface area contributed by atoms with Gasteiger partial charge in [-0.3, -0.25) is 14.6 Å². The van der Waals surface area contributed by atoms with Crippen LogP contribution in [0, 0.1) is 0 Å². The van der Waals surface area contributed by atoms with Crippen molar-refractivity contribution in [2.45, 2.75) is 25.4 Å². The van der Waals surface area contributed by atoms with Crippen LogP contribution in [0.4, 0.5) is 0 Å². The first-order chi connectivity index (χ1) is 8.54. The molecule has 1 aromatic rings. The zero-order valence-electron chi connectivity index (χ0n) is 9.81. The van der Waals surface area contributed by atoms with Gasteiger partial charge in [-0.15, -0.1) is 0 Å². The van der Waals surface area contributed by atoms with Gasteiger partial charge in [0.2, 0.25) is 5.91 Å². The molecule has 3 N–H and O–H groups in total. The number of carbonyl (C=O) groups is 1. The summed E-state index contributed by atoms with van der Waals surface area (Å²) in [7, 11) is 0. The van der Waals surface area contributed by atoms with Crippen molar-refractivity contribution in [3.63, 3.8) is 0 Å². The average Bonchev–Trinajstić information content (AvgIpc) is 2.27. The van der Waals surface area contributed by atoms with E-state index in [2.05, 4.69) is 4.98 Å². The highest BCUT2D eigenvalue weighted by molar-refractivity contribution is 5.78. The first kappa shape index (κ1) is 12.6. The summed E-state index contributed by atoms with van der Waals surface area (Å²) in [6.07, 6.45) is 0.942. The second-order valence-corrected chi connectivity index (χ2v) is 4.43. The predicted octanol–water partition coefficient (Wildman–Crippen LogP) is -1.41. The lowest BCUT2D eigenvalue weighted by atomic mass is 10.1. The molecule has 0 saturated carbocycles. The lowest BCUT2D eigenvalue weighted by molar-refractivity contribution is -0.133. The molecule has 7 heteroatoms. The Bertz CT molecular complexity index is 519. The number of nitrogens with zero attached hydrogens (tertiary/aromatic N) is 1. The van der Waals surface area contributed by atoms with Gasteiger partial charge in [-0.1, -0.05) is 0 Å². The van der Waals surface area contributed by atoms with Crippen LogP contribution in [0.25, 0.3) is 0 Å². The SMILES string of the molecule is O=C(Cc1cc(=O)[nH]c(=O)[nH]1)N1CCCC(O)C1. The second kappa shape index (κ2) is 5.18. The third-order valence-corrected chi connectivity index (χ3v) is 2.91. The maximum Gasteiger partial charge on any atom is 0.325 e. The third-order valence-electron chi connectivity index (χ3n) is 2.91. The molecule has 1 fully saturated rings. The minimum Gasteiger partial charge on any atom is -0.391 e. The molecule has 7 nitrogen and oxygen atoms in total. The summed E-state index contributed by atoms with van der Waals surface area (Å²) in [6.45, 7) is 0.912. The maximum atomic E-state index is 11.9. The first-order valence-corrected chi connectivity index (χ1v) is 5.83. The van der Waals surface area contributed by atoms with Crippen molar-refractivity contribution in [2.75, 3.05) is 13.1 Å². The lowest BCUT2D eigenvalue weighted by Crippen LogP contribution is -2.43. The highest BCUT2D eigenvalue weighted by atomic mass is 16.3. The summed E-state index contributed by atoms with van der Waals surface area (Å²) in [5.74, 6) is -0.199. The number of aromatic amines is 2. The highest BCUT2D eigenvalue weighted by Crippen LogP contribution is 2.10. The van der Waals surface area contributed by atoms with Crippen LogP contribution in [0.2, 0.25) is 0 Å². The average molecular weight is 253 g/mol. The predicted molar refractivity (Wildman–Crippen MR) is 63.2 cm³/mol. The minimum absolute atomic E-state index is 0.0358. The summed E-state index contributed by atoms with van der Waals surface area (Å²) in [5, 5.41) is 9.48. The Kier molecular flexibility index (Phi) is 3.61. The molecule has 98 valence electrons. The van der Waals surface area contributed by atoms with E-state index in [4.69, 9.17) is 0 Å². The fraction of sp³-hybridized carbons (Fsp3) is 0.545. The van der Waals surface area contributed by atoms with E-state index in [1.807, 2.05) is 4.98 Å². The number of β-amino-alcohol motifs (C(OH)–C–C–N with tert-alkyl or cyclic N) is 1. The molecule has 1 amide bonds. The number of rotatable bonds is 2. The number of hydrogen-bond donors (Lipinski definition) is 3. The van der Waals surface area contributed by atoms with Crippen LogP contribution >= 0.6 is 0 Å². The summed E-state index contributed by atoms with van der Waals surface area (Å²) in [4.78, 5) is 40.0. The molecule has 1 saturated heterocycles. The van der Waals surface area contributed by atoms with Gasteiger partial charge < -0.3 is 15.0 Å². The largest absolute Gasteiger partial charge is 0.391 e. The van der Waals surface area contributed by atoms with Gasteiger partial charge >= 0.3 is 5.69 Å².